The Kier molecular flexibility index (Phi) is 4.43. The Hall–Kier alpha value is -2.54. The molecule has 8 heteroatoms. The first-order chi connectivity index (χ1) is 11.8. The smallest absolute Gasteiger partial charge is 0.321 e. The summed E-state index contributed by atoms with van der Waals surface area (Å²) in [6.07, 6.45) is -2.32. The van der Waals surface area contributed by atoms with E-state index in [-0.39, 0.29) is 5.69 Å². The molecule has 1 aromatic carbocycles. The quantitative estimate of drug-likeness (QED) is 0.721. The van der Waals surface area contributed by atoms with Crippen molar-refractivity contribution in [2.75, 3.05) is 5.32 Å². The van der Waals surface area contributed by atoms with Crippen LogP contribution in [0.4, 0.5) is 18.9 Å². The summed E-state index contributed by atoms with van der Waals surface area (Å²) in [5, 5.41) is 3.04. The number of benzene rings is 1. The van der Waals surface area contributed by atoms with E-state index in [0.29, 0.717) is 28.5 Å². The summed E-state index contributed by atoms with van der Waals surface area (Å²) < 4.78 is 39.4. The number of pyridine rings is 1. The maximum Gasteiger partial charge on any atom is 0.416 e. The minimum atomic E-state index is -4.42. The van der Waals surface area contributed by atoms with Crippen LogP contribution in [0.15, 0.2) is 42.6 Å². The lowest BCUT2D eigenvalue weighted by Gasteiger charge is -2.09. The Morgan fingerprint density at radius 3 is 2.48 bits per heavy atom. The maximum absolute atomic E-state index is 12.6. The second-order valence-corrected chi connectivity index (χ2v) is 5.80. The first-order valence-electron chi connectivity index (χ1n) is 7.44. The zero-order chi connectivity index (χ0) is 18.2. The molecule has 3 rings (SSSR count). The van der Waals surface area contributed by atoms with Gasteiger partial charge < -0.3 is 5.32 Å². The summed E-state index contributed by atoms with van der Waals surface area (Å²) in [4.78, 5) is 17.0. The fourth-order valence-corrected chi connectivity index (χ4v) is 2.65. The Balaban J connectivity index is 1.93. The van der Waals surface area contributed by atoms with E-state index in [0.717, 1.165) is 12.1 Å². The molecule has 25 heavy (non-hydrogen) atoms. The maximum atomic E-state index is 12.6. The lowest BCUT2D eigenvalue weighted by Crippen LogP contribution is -2.16. The number of alkyl halides is 3. The number of aromatic nitrogens is 2. The van der Waals surface area contributed by atoms with Crippen molar-refractivity contribution in [2.45, 2.75) is 19.5 Å². The average Bonchev–Trinajstić information content (AvgIpc) is 2.92. The first-order valence-corrected chi connectivity index (χ1v) is 7.82. The molecule has 0 aliphatic rings. The monoisotopic (exact) mass is 367 g/mol. The van der Waals surface area contributed by atoms with E-state index in [2.05, 4.69) is 10.3 Å². The molecule has 0 saturated heterocycles. The molecule has 1 N–H and O–H groups in total. The highest BCUT2D eigenvalue weighted by Gasteiger charge is 2.30. The SMILES string of the molecule is CCc1nc2ccc(Cl)cn2c1C(=O)Nc1ccc(C(F)(F)F)cc1. The summed E-state index contributed by atoms with van der Waals surface area (Å²) >= 11 is 5.98. The van der Waals surface area contributed by atoms with Crippen LogP contribution < -0.4 is 5.32 Å². The van der Waals surface area contributed by atoms with Crippen LogP contribution in [0, 0.1) is 0 Å². The van der Waals surface area contributed by atoms with Gasteiger partial charge in [0.25, 0.3) is 5.91 Å². The number of amides is 1. The minimum Gasteiger partial charge on any atom is -0.321 e. The van der Waals surface area contributed by atoms with Gasteiger partial charge in [0.05, 0.1) is 16.3 Å². The number of hydrogen-bond acceptors (Lipinski definition) is 2. The van der Waals surface area contributed by atoms with Crippen molar-refractivity contribution in [1.82, 2.24) is 9.38 Å². The molecule has 0 unspecified atom stereocenters. The molecule has 0 spiro atoms. The van der Waals surface area contributed by atoms with E-state index in [1.54, 1.807) is 22.7 Å². The summed E-state index contributed by atoms with van der Waals surface area (Å²) in [6.45, 7) is 1.86. The van der Waals surface area contributed by atoms with Crippen molar-refractivity contribution in [3.05, 3.63) is 64.6 Å². The zero-order valence-electron chi connectivity index (χ0n) is 13.1. The average molecular weight is 368 g/mol. The van der Waals surface area contributed by atoms with Gasteiger partial charge in [-0.05, 0) is 42.8 Å². The number of nitrogens with one attached hydrogen (secondary N) is 1. The number of carbonyl (C=O) groups is 1. The van der Waals surface area contributed by atoms with E-state index >= 15 is 0 Å². The van der Waals surface area contributed by atoms with Gasteiger partial charge in [-0.15, -0.1) is 0 Å². The number of nitrogens with zero attached hydrogens (tertiary/aromatic N) is 2. The molecule has 0 saturated carbocycles. The van der Waals surface area contributed by atoms with Crippen LogP contribution in [0.3, 0.4) is 0 Å². The van der Waals surface area contributed by atoms with Gasteiger partial charge in [0.1, 0.15) is 11.3 Å². The van der Waals surface area contributed by atoms with Crippen LogP contribution in [-0.2, 0) is 12.6 Å². The van der Waals surface area contributed by atoms with E-state index in [1.165, 1.54) is 12.1 Å². The van der Waals surface area contributed by atoms with Crippen molar-refractivity contribution in [3.63, 3.8) is 0 Å². The first kappa shape index (κ1) is 17.3. The Bertz CT molecular complexity index is 933. The van der Waals surface area contributed by atoms with Gasteiger partial charge in [-0.3, -0.25) is 9.20 Å². The molecule has 0 atom stereocenters. The van der Waals surface area contributed by atoms with Crippen molar-refractivity contribution in [1.29, 1.82) is 0 Å². The Morgan fingerprint density at radius 2 is 1.88 bits per heavy atom. The Labute approximate surface area is 146 Å². The molecule has 0 fully saturated rings. The zero-order valence-corrected chi connectivity index (χ0v) is 13.8. The summed E-state index contributed by atoms with van der Waals surface area (Å²) in [6, 6.07) is 7.62. The van der Waals surface area contributed by atoms with Gasteiger partial charge in [0.15, 0.2) is 0 Å². The van der Waals surface area contributed by atoms with E-state index < -0.39 is 17.6 Å². The number of halogens is 4. The highest BCUT2D eigenvalue weighted by molar-refractivity contribution is 6.30. The molecular formula is C17H13ClF3N3O. The molecular weight excluding hydrogens is 355 g/mol. The predicted octanol–water partition coefficient (Wildman–Crippen LogP) is 4.82. The molecule has 1 amide bonds. The lowest BCUT2D eigenvalue weighted by atomic mass is 10.2. The fraction of sp³-hybridized carbons (Fsp3) is 0.176. The predicted molar refractivity (Wildman–Crippen MR) is 89.0 cm³/mol. The van der Waals surface area contributed by atoms with Gasteiger partial charge in [-0.25, -0.2) is 4.98 Å². The van der Waals surface area contributed by atoms with Crippen molar-refractivity contribution < 1.29 is 18.0 Å². The van der Waals surface area contributed by atoms with Crippen molar-refractivity contribution in [2.24, 2.45) is 0 Å². The number of imidazole rings is 1. The van der Waals surface area contributed by atoms with Crippen LogP contribution in [0.2, 0.25) is 5.02 Å². The molecule has 2 heterocycles. The molecule has 0 aliphatic carbocycles. The van der Waals surface area contributed by atoms with Crippen LogP contribution >= 0.6 is 11.6 Å². The largest absolute Gasteiger partial charge is 0.416 e. The third-order valence-corrected chi connectivity index (χ3v) is 3.90. The normalized spacial score (nSPS) is 11.7. The highest BCUT2D eigenvalue weighted by atomic mass is 35.5. The van der Waals surface area contributed by atoms with Gasteiger partial charge in [-0.1, -0.05) is 18.5 Å². The summed E-state index contributed by atoms with van der Waals surface area (Å²) in [5.41, 5.74) is 0.934. The van der Waals surface area contributed by atoms with Crippen LogP contribution in [0.5, 0.6) is 0 Å². The van der Waals surface area contributed by atoms with E-state index in [1.807, 2.05) is 6.92 Å². The summed E-state index contributed by atoms with van der Waals surface area (Å²) in [5.74, 6) is -0.466. The molecule has 2 aromatic heterocycles. The van der Waals surface area contributed by atoms with E-state index in [4.69, 9.17) is 11.6 Å². The van der Waals surface area contributed by atoms with E-state index in [9.17, 15) is 18.0 Å². The highest BCUT2D eigenvalue weighted by Crippen LogP contribution is 2.30. The molecule has 130 valence electrons. The molecule has 0 radical (unpaired) electrons. The standard InChI is InChI=1S/C17H13ClF3N3O/c1-2-13-15(24-9-11(18)5-8-14(24)23-13)16(25)22-12-6-3-10(4-7-12)17(19,20)21/h3-9H,2H2,1H3,(H,22,25). The molecule has 4 nitrogen and oxygen atoms in total. The number of carbonyl (C=O) groups excluding carboxylic acids is 1. The van der Waals surface area contributed by atoms with Crippen LogP contribution in [0.1, 0.15) is 28.7 Å². The number of fused-ring (bicyclic) bond motifs is 1. The number of anilines is 1. The third kappa shape index (κ3) is 3.46. The fourth-order valence-electron chi connectivity index (χ4n) is 2.49. The number of aryl methyl sites for hydroxylation is 1. The number of hydrogen-bond donors (Lipinski definition) is 1. The van der Waals surface area contributed by atoms with Crippen molar-refractivity contribution >= 4 is 28.8 Å². The minimum absolute atomic E-state index is 0.261. The van der Waals surface area contributed by atoms with Gasteiger partial charge in [0.2, 0.25) is 0 Å². The number of rotatable bonds is 3. The topological polar surface area (TPSA) is 46.4 Å². The van der Waals surface area contributed by atoms with Crippen LogP contribution in [0.25, 0.3) is 5.65 Å². The second kappa shape index (κ2) is 6.40. The molecule has 0 bridgehead atoms. The summed E-state index contributed by atoms with van der Waals surface area (Å²) in [7, 11) is 0. The van der Waals surface area contributed by atoms with Gasteiger partial charge in [0, 0.05) is 11.9 Å². The molecule has 3 aromatic rings. The third-order valence-electron chi connectivity index (χ3n) is 3.67. The van der Waals surface area contributed by atoms with Gasteiger partial charge in [-0.2, -0.15) is 13.2 Å². The Morgan fingerprint density at radius 1 is 1.20 bits per heavy atom. The van der Waals surface area contributed by atoms with Crippen LogP contribution in [-0.4, -0.2) is 15.3 Å². The van der Waals surface area contributed by atoms with Crippen molar-refractivity contribution in [3.8, 4) is 0 Å². The lowest BCUT2D eigenvalue weighted by molar-refractivity contribution is -0.137. The second-order valence-electron chi connectivity index (χ2n) is 5.37. The molecule has 0 aliphatic heterocycles. The van der Waals surface area contributed by atoms with Gasteiger partial charge >= 0.3 is 6.18 Å².